The highest BCUT2D eigenvalue weighted by Gasteiger charge is 2.21. The smallest absolute Gasteiger partial charge is 0.334 e. The van der Waals surface area contributed by atoms with Gasteiger partial charge in [-0.25, -0.2) is 26.4 Å². The summed E-state index contributed by atoms with van der Waals surface area (Å²) in [6, 6.07) is 4.58. The molecule has 0 fully saturated rings. The molecule has 0 spiro atoms. The van der Waals surface area contributed by atoms with E-state index in [4.69, 9.17) is 5.11 Å². The van der Waals surface area contributed by atoms with Gasteiger partial charge in [-0.3, -0.25) is 0 Å². The van der Waals surface area contributed by atoms with E-state index in [1.165, 1.54) is 0 Å². The van der Waals surface area contributed by atoms with E-state index in [9.17, 15) is 21.6 Å². The van der Waals surface area contributed by atoms with Gasteiger partial charge < -0.3 is 9.84 Å². The zero-order chi connectivity index (χ0) is 16.3. The Bertz CT molecular complexity index is 707. The van der Waals surface area contributed by atoms with Crippen molar-refractivity contribution < 1.29 is 31.5 Å². The number of sulfone groups is 1. The number of hydrogen-bond donors (Lipinski definition) is 2. The van der Waals surface area contributed by atoms with Crippen molar-refractivity contribution in [1.82, 2.24) is 4.72 Å². The average molecular weight is 337 g/mol. The summed E-state index contributed by atoms with van der Waals surface area (Å²) in [5.74, 6) is -1.30. The summed E-state index contributed by atoms with van der Waals surface area (Å²) in [4.78, 5) is 10.5. The van der Waals surface area contributed by atoms with E-state index in [0.29, 0.717) is 0 Å². The van der Waals surface area contributed by atoms with Crippen LogP contribution in [0.2, 0.25) is 0 Å². The van der Waals surface area contributed by atoms with Crippen LogP contribution >= 0.6 is 0 Å². The molecule has 1 unspecified atom stereocenters. The van der Waals surface area contributed by atoms with Crippen molar-refractivity contribution in [2.45, 2.75) is 15.9 Å². The first-order valence-corrected chi connectivity index (χ1v) is 9.01. The highest BCUT2D eigenvalue weighted by Crippen LogP contribution is 2.14. The predicted octanol–water partition coefficient (Wildman–Crippen LogP) is -0.532. The van der Waals surface area contributed by atoms with Crippen LogP contribution in [0.5, 0.6) is 0 Å². The van der Waals surface area contributed by atoms with E-state index in [2.05, 4.69) is 9.46 Å². The molecule has 0 bridgehead atoms. The number of hydrogen-bond acceptors (Lipinski definition) is 6. The minimum absolute atomic E-state index is 0.0123. The maximum Gasteiger partial charge on any atom is 0.334 e. The highest BCUT2D eigenvalue weighted by molar-refractivity contribution is 7.90. The van der Waals surface area contributed by atoms with E-state index < -0.39 is 38.5 Å². The fourth-order valence-electron chi connectivity index (χ4n) is 1.41. The van der Waals surface area contributed by atoms with E-state index in [1.807, 2.05) is 0 Å². The third kappa shape index (κ3) is 4.77. The number of carboxylic acids is 1. The summed E-state index contributed by atoms with van der Waals surface area (Å²) in [6.45, 7) is -0.442. The number of carboxylic acid groups (broad SMARTS) is 1. The van der Waals surface area contributed by atoms with Crippen LogP contribution in [0.4, 0.5) is 0 Å². The highest BCUT2D eigenvalue weighted by atomic mass is 32.2. The van der Waals surface area contributed by atoms with Gasteiger partial charge in [-0.15, -0.1) is 0 Å². The molecule has 0 aromatic heterocycles. The average Bonchev–Trinajstić information content (AvgIpc) is 2.38. The standard InChI is InChI=1S/C11H15NO7S2/c1-19-10(11(13)14)7-12-21(17,18)9-5-3-8(4-6-9)20(2,15)16/h3-6,10,12H,7H2,1-2H3,(H,13,14). The Hall–Kier alpha value is -1.49. The Balaban J connectivity index is 2.91. The van der Waals surface area contributed by atoms with Gasteiger partial charge in [0.25, 0.3) is 0 Å². The molecular weight excluding hydrogens is 322 g/mol. The maximum absolute atomic E-state index is 11.9. The van der Waals surface area contributed by atoms with Crippen molar-refractivity contribution in [2.75, 3.05) is 19.9 Å². The lowest BCUT2D eigenvalue weighted by Crippen LogP contribution is -2.37. The minimum atomic E-state index is -3.95. The zero-order valence-corrected chi connectivity index (χ0v) is 12.9. The summed E-state index contributed by atoms with van der Waals surface area (Å²) in [5.41, 5.74) is 0. The molecule has 118 valence electrons. The SMILES string of the molecule is COC(CNS(=O)(=O)c1ccc(S(C)(=O)=O)cc1)C(=O)O. The summed E-state index contributed by atoms with van der Waals surface area (Å²) in [6.07, 6.45) is -0.305. The van der Waals surface area contributed by atoms with Gasteiger partial charge >= 0.3 is 5.97 Å². The number of sulfonamides is 1. The largest absolute Gasteiger partial charge is 0.479 e. The van der Waals surface area contributed by atoms with E-state index >= 15 is 0 Å². The van der Waals surface area contributed by atoms with Crippen molar-refractivity contribution >= 4 is 25.8 Å². The topological polar surface area (TPSA) is 127 Å². The van der Waals surface area contributed by atoms with Crippen molar-refractivity contribution in [3.8, 4) is 0 Å². The molecule has 0 aliphatic carbocycles. The van der Waals surface area contributed by atoms with Crippen LogP contribution in [-0.4, -0.2) is 53.9 Å². The monoisotopic (exact) mass is 337 g/mol. The molecule has 1 aromatic carbocycles. The van der Waals surface area contributed by atoms with Crippen molar-refractivity contribution in [3.63, 3.8) is 0 Å². The van der Waals surface area contributed by atoms with Crippen LogP contribution in [0.15, 0.2) is 34.1 Å². The molecule has 8 nitrogen and oxygen atoms in total. The van der Waals surface area contributed by atoms with Crippen LogP contribution < -0.4 is 4.72 Å². The second kappa shape index (κ2) is 6.52. The first-order chi connectivity index (χ1) is 9.58. The summed E-state index contributed by atoms with van der Waals surface area (Å²) < 4.78 is 53.1. The van der Waals surface area contributed by atoms with Gasteiger partial charge in [0.1, 0.15) is 0 Å². The number of rotatable bonds is 7. The van der Waals surface area contributed by atoms with Crippen LogP contribution in [0.1, 0.15) is 0 Å². The van der Waals surface area contributed by atoms with Crippen molar-refractivity contribution in [3.05, 3.63) is 24.3 Å². The van der Waals surface area contributed by atoms with Crippen LogP contribution in [0.3, 0.4) is 0 Å². The molecule has 10 heteroatoms. The number of carbonyl (C=O) groups is 1. The van der Waals surface area contributed by atoms with E-state index in [-0.39, 0.29) is 9.79 Å². The lowest BCUT2D eigenvalue weighted by molar-refractivity contribution is -0.147. The van der Waals surface area contributed by atoms with Crippen LogP contribution in [0.25, 0.3) is 0 Å². The predicted molar refractivity (Wildman–Crippen MR) is 73.2 cm³/mol. The number of ether oxygens (including phenoxy) is 1. The van der Waals surface area contributed by atoms with Gasteiger partial charge in [-0.2, -0.15) is 0 Å². The number of aliphatic carboxylic acids is 1. The van der Waals surface area contributed by atoms with Crippen molar-refractivity contribution in [1.29, 1.82) is 0 Å². The van der Waals surface area contributed by atoms with Gasteiger partial charge in [0.15, 0.2) is 15.9 Å². The Morgan fingerprint density at radius 2 is 1.67 bits per heavy atom. The Labute approximate surface area is 122 Å². The molecule has 0 saturated heterocycles. The molecule has 21 heavy (non-hydrogen) atoms. The zero-order valence-electron chi connectivity index (χ0n) is 11.3. The lowest BCUT2D eigenvalue weighted by Gasteiger charge is -2.12. The molecule has 1 atom stereocenters. The van der Waals surface area contributed by atoms with Gasteiger partial charge in [0, 0.05) is 19.9 Å². The van der Waals surface area contributed by atoms with E-state index in [1.54, 1.807) is 0 Å². The maximum atomic E-state index is 11.9. The quantitative estimate of drug-likeness (QED) is 0.684. The van der Waals surface area contributed by atoms with E-state index in [0.717, 1.165) is 37.6 Å². The first kappa shape index (κ1) is 17.6. The molecular formula is C11H15NO7S2. The fourth-order valence-corrected chi connectivity index (χ4v) is 3.07. The van der Waals surface area contributed by atoms with Gasteiger partial charge in [-0.05, 0) is 24.3 Å². The Morgan fingerprint density at radius 1 is 1.19 bits per heavy atom. The van der Waals surface area contributed by atoms with Crippen molar-refractivity contribution in [2.24, 2.45) is 0 Å². The number of methoxy groups -OCH3 is 1. The lowest BCUT2D eigenvalue weighted by atomic mass is 10.4. The van der Waals surface area contributed by atoms with Gasteiger partial charge in [-0.1, -0.05) is 0 Å². The minimum Gasteiger partial charge on any atom is -0.479 e. The first-order valence-electron chi connectivity index (χ1n) is 5.63. The molecule has 1 aromatic rings. The molecule has 2 N–H and O–H groups in total. The number of benzene rings is 1. The summed E-state index contributed by atoms with van der Waals surface area (Å²) in [7, 11) is -6.22. The number of nitrogens with one attached hydrogen (secondary N) is 1. The Morgan fingerprint density at radius 3 is 2.05 bits per heavy atom. The Kier molecular flexibility index (Phi) is 5.45. The summed E-state index contributed by atoms with van der Waals surface area (Å²) in [5, 5.41) is 8.74. The normalized spacial score (nSPS) is 13.8. The van der Waals surface area contributed by atoms with Gasteiger partial charge in [0.2, 0.25) is 10.0 Å². The second-order valence-electron chi connectivity index (χ2n) is 4.16. The third-order valence-electron chi connectivity index (χ3n) is 2.58. The molecule has 0 saturated carbocycles. The molecule has 0 amide bonds. The second-order valence-corrected chi connectivity index (χ2v) is 7.94. The molecule has 0 heterocycles. The van der Waals surface area contributed by atoms with Crippen LogP contribution in [-0.2, 0) is 29.4 Å². The fraction of sp³-hybridized carbons (Fsp3) is 0.364. The summed E-state index contributed by atoms with van der Waals surface area (Å²) >= 11 is 0. The molecule has 1 rings (SSSR count). The van der Waals surface area contributed by atoms with Gasteiger partial charge in [0.05, 0.1) is 9.79 Å². The molecule has 0 aliphatic rings. The molecule has 0 aliphatic heterocycles. The molecule has 0 radical (unpaired) electrons. The third-order valence-corrected chi connectivity index (χ3v) is 5.15. The van der Waals surface area contributed by atoms with Crippen LogP contribution in [0, 0.1) is 0 Å².